The van der Waals surface area contributed by atoms with E-state index in [1.54, 1.807) is 4.90 Å². The summed E-state index contributed by atoms with van der Waals surface area (Å²) in [5, 5.41) is 3.30. The van der Waals surface area contributed by atoms with Gasteiger partial charge in [-0.1, -0.05) is 18.2 Å². The van der Waals surface area contributed by atoms with Gasteiger partial charge in [-0.3, -0.25) is 4.79 Å². The van der Waals surface area contributed by atoms with E-state index in [1.165, 1.54) is 0 Å². The zero-order valence-electron chi connectivity index (χ0n) is 12.9. The zero-order chi connectivity index (χ0) is 15.9. The first kappa shape index (κ1) is 15.4. The van der Waals surface area contributed by atoms with Gasteiger partial charge in [0.25, 0.3) is 5.91 Å². The standard InChI is InChI=1S/C18H20N2O3/c21-18(20-10-12-22-13-11-20)14-23-17-8-6-16(7-9-17)19-15-4-2-1-3-5-15/h1-9,19H,10-14H2. The molecule has 1 N–H and O–H groups in total. The van der Waals surface area contributed by atoms with Crippen LogP contribution in [0.2, 0.25) is 0 Å². The molecule has 2 aromatic rings. The van der Waals surface area contributed by atoms with Crippen molar-refractivity contribution in [3.05, 3.63) is 54.6 Å². The van der Waals surface area contributed by atoms with Crippen LogP contribution in [0.3, 0.4) is 0 Å². The fourth-order valence-corrected chi connectivity index (χ4v) is 2.37. The topological polar surface area (TPSA) is 50.8 Å². The Morgan fingerprint density at radius 2 is 1.65 bits per heavy atom. The predicted octanol–water partition coefficient (Wildman–Crippen LogP) is 2.67. The molecule has 1 saturated heterocycles. The monoisotopic (exact) mass is 312 g/mol. The molecule has 120 valence electrons. The number of carbonyl (C=O) groups is 1. The van der Waals surface area contributed by atoms with Gasteiger partial charge in [0, 0.05) is 24.5 Å². The maximum atomic E-state index is 12.0. The molecule has 1 amide bonds. The summed E-state index contributed by atoms with van der Waals surface area (Å²) in [6.45, 7) is 2.55. The lowest BCUT2D eigenvalue weighted by molar-refractivity contribution is -0.137. The molecule has 0 aromatic heterocycles. The zero-order valence-corrected chi connectivity index (χ0v) is 12.9. The van der Waals surface area contributed by atoms with Gasteiger partial charge in [-0.25, -0.2) is 0 Å². The third kappa shape index (κ3) is 4.47. The minimum atomic E-state index is -0.000197. The largest absolute Gasteiger partial charge is 0.484 e. The van der Waals surface area contributed by atoms with Gasteiger partial charge in [0.05, 0.1) is 13.2 Å². The van der Waals surface area contributed by atoms with Crippen molar-refractivity contribution < 1.29 is 14.3 Å². The maximum Gasteiger partial charge on any atom is 0.260 e. The smallest absolute Gasteiger partial charge is 0.260 e. The van der Waals surface area contributed by atoms with Crippen LogP contribution in [-0.2, 0) is 9.53 Å². The number of anilines is 2. The Bertz CT molecular complexity index is 622. The molecule has 0 saturated carbocycles. The molecule has 3 rings (SSSR count). The molecule has 23 heavy (non-hydrogen) atoms. The van der Waals surface area contributed by atoms with Crippen molar-refractivity contribution in [3.63, 3.8) is 0 Å². The summed E-state index contributed by atoms with van der Waals surface area (Å²) in [6.07, 6.45) is 0. The van der Waals surface area contributed by atoms with Gasteiger partial charge in [-0.15, -0.1) is 0 Å². The average molecular weight is 312 g/mol. The number of ether oxygens (including phenoxy) is 2. The van der Waals surface area contributed by atoms with E-state index in [-0.39, 0.29) is 12.5 Å². The Hall–Kier alpha value is -2.53. The molecule has 0 atom stereocenters. The lowest BCUT2D eigenvalue weighted by Gasteiger charge is -2.26. The van der Waals surface area contributed by atoms with E-state index in [0.29, 0.717) is 32.1 Å². The average Bonchev–Trinajstić information content (AvgIpc) is 2.62. The van der Waals surface area contributed by atoms with Crippen LogP contribution in [0.5, 0.6) is 5.75 Å². The number of nitrogens with one attached hydrogen (secondary N) is 1. The van der Waals surface area contributed by atoms with Gasteiger partial charge in [0.15, 0.2) is 6.61 Å². The number of hydrogen-bond donors (Lipinski definition) is 1. The number of hydrogen-bond acceptors (Lipinski definition) is 4. The molecule has 0 aliphatic carbocycles. The summed E-state index contributed by atoms with van der Waals surface area (Å²) in [6, 6.07) is 17.5. The summed E-state index contributed by atoms with van der Waals surface area (Å²) in [7, 11) is 0. The molecule has 5 nitrogen and oxygen atoms in total. The van der Waals surface area contributed by atoms with E-state index in [2.05, 4.69) is 5.32 Å². The molecule has 1 aliphatic heterocycles. The van der Waals surface area contributed by atoms with Crippen molar-refractivity contribution in [2.24, 2.45) is 0 Å². The number of amides is 1. The van der Waals surface area contributed by atoms with Crippen molar-refractivity contribution in [3.8, 4) is 5.75 Å². The van der Waals surface area contributed by atoms with Crippen LogP contribution < -0.4 is 10.1 Å². The summed E-state index contributed by atoms with van der Waals surface area (Å²) >= 11 is 0. The van der Waals surface area contributed by atoms with Gasteiger partial charge in [-0.2, -0.15) is 0 Å². The third-order valence-electron chi connectivity index (χ3n) is 3.64. The van der Waals surface area contributed by atoms with Crippen LogP contribution in [0.1, 0.15) is 0 Å². The van der Waals surface area contributed by atoms with Crippen LogP contribution in [0.25, 0.3) is 0 Å². The first-order valence-electron chi connectivity index (χ1n) is 7.72. The van der Waals surface area contributed by atoms with Gasteiger partial charge in [0.1, 0.15) is 5.75 Å². The lowest BCUT2D eigenvalue weighted by Crippen LogP contribution is -2.42. The highest BCUT2D eigenvalue weighted by Crippen LogP contribution is 2.19. The van der Waals surface area contributed by atoms with E-state index in [9.17, 15) is 4.79 Å². The number of carbonyl (C=O) groups excluding carboxylic acids is 1. The van der Waals surface area contributed by atoms with Crippen molar-refractivity contribution in [1.29, 1.82) is 0 Å². The minimum absolute atomic E-state index is 0.000197. The van der Waals surface area contributed by atoms with E-state index >= 15 is 0 Å². The van der Waals surface area contributed by atoms with Gasteiger partial charge in [-0.05, 0) is 36.4 Å². The molecule has 2 aromatic carbocycles. The molecular weight excluding hydrogens is 292 g/mol. The van der Waals surface area contributed by atoms with Crippen LogP contribution in [0.4, 0.5) is 11.4 Å². The molecule has 1 aliphatic rings. The highest BCUT2D eigenvalue weighted by Gasteiger charge is 2.16. The van der Waals surface area contributed by atoms with Gasteiger partial charge < -0.3 is 19.7 Å². The molecule has 1 heterocycles. The fourth-order valence-electron chi connectivity index (χ4n) is 2.37. The van der Waals surface area contributed by atoms with E-state index < -0.39 is 0 Å². The van der Waals surface area contributed by atoms with Gasteiger partial charge >= 0.3 is 0 Å². The number of nitrogens with zero attached hydrogens (tertiary/aromatic N) is 1. The SMILES string of the molecule is O=C(COc1ccc(Nc2ccccc2)cc1)N1CCOCC1. The number of rotatable bonds is 5. The quantitative estimate of drug-likeness (QED) is 0.922. The van der Waals surface area contributed by atoms with Crippen LogP contribution >= 0.6 is 0 Å². The molecule has 0 unspecified atom stereocenters. The molecular formula is C18H20N2O3. The summed E-state index contributed by atoms with van der Waals surface area (Å²) in [5.74, 6) is 0.685. The molecule has 0 bridgehead atoms. The van der Waals surface area contributed by atoms with Crippen molar-refractivity contribution in [2.75, 3.05) is 38.2 Å². The summed E-state index contributed by atoms with van der Waals surface area (Å²) < 4.78 is 10.8. The van der Waals surface area contributed by atoms with Crippen molar-refractivity contribution in [1.82, 2.24) is 4.90 Å². The Kier molecular flexibility index (Phi) is 5.11. The molecule has 0 radical (unpaired) electrons. The molecule has 1 fully saturated rings. The second-order valence-electron chi connectivity index (χ2n) is 5.30. The predicted molar refractivity (Wildman–Crippen MR) is 89.1 cm³/mol. The summed E-state index contributed by atoms with van der Waals surface area (Å²) in [5.41, 5.74) is 2.01. The normalized spacial score (nSPS) is 14.3. The van der Waals surface area contributed by atoms with Gasteiger partial charge in [0.2, 0.25) is 0 Å². The van der Waals surface area contributed by atoms with Crippen molar-refractivity contribution in [2.45, 2.75) is 0 Å². The Morgan fingerprint density at radius 1 is 1.00 bits per heavy atom. The van der Waals surface area contributed by atoms with Crippen molar-refractivity contribution >= 4 is 17.3 Å². The lowest BCUT2D eigenvalue weighted by atomic mass is 10.2. The number of morpholine rings is 1. The Morgan fingerprint density at radius 3 is 2.35 bits per heavy atom. The summed E-state index contributed by atoms with van der Waals surface area (Å²) in [4.78, 5) is 13.8. The van der Waals surface area contributed by atoms with Crippen LogP contribution in [0.15, 0.2) is 54.6 Å². The first-order chi connectivity index (χ1) is 11.3. The number of para-hydroxylation sites is 1. The van der Waals surface area contributed by atoms with E-state index in [4.69, 9.17) is 9.47 Å². The van der Waals surface area contributed by atoms with E-state index in [0.717, 1.165) is 11.4 Å². The number of benzene rings is 2. The fraction of sp³-hybridized carbons (Fsp3) is 0.278. The highest BCUT2D eigenvalue weighted by molar-refractivity contribution is 5.77. The Labute approximate surface area is 135 Å². The third-order valence-corrected chi connectivity index (χ3v) is 3.64. The molecule has 0 spiro atoms. The highest BCUT2D eigenvalue weighted by atomic mass is 16.5. The van der Waals surface area contributed by atoms with Crippen LogP contribution in [0, 0.1) is 0 Å². The Balaban J connectivity index is 1.50. The second kappa shape index (κ2) is 7.65. The van der Waals surface area contributed by atoms with Crippen LogP contribution in [-0.4, -0.2) is 43.7 Å². The molecule has 5 heteroatoms. The second-order valence-corrected chi connectivity index (χ2v) is 5.30. The first-order valence-corrected chi connectivity index (χ1v) is 7.72. The maximum absolute atomic E-state index is 12.0. The van der Waals surface area contributed by atoms with E-state index in [1.807, 2.05) is 54.6 Å². The minimum Gasteiger partial charge on any atom is -0.484 e.